The Balaban J connectivity index is 1.43. The van der Waals surface area contributed by atoms with E-state index >= 15 is 0 Å². The molecular weight excluding hydrogens is 342 g/mol. The van der Waals surface area contributed by atoms with Gasteiger partial charge in [-0.2, -0.15) is 0 Å². The number of carbonyl (C=O) groups is 1. The molecule has 0 spiro atoms. The van der Waals surface area contributed by atoms with E-state index < -0.39 is 0 Å². The van der Waals surface area contributed by atoms with Gasteiger partial charge in [-0.3, -0.25) is 14.7 Å². The van der Waals surface area contributed by atoms with Crippen molar-refractivity contribution in [2.45, 2.75) is 33.2 Å². The molecule has 0 bridgehead atoms. The first-order valence-electron chi connectivity index (χ1n) is 9.34. The van der Waals surface area contributed by atoms with Crippen LogP contribution in [0.5, 0.6) is 6.01 Å². The van der Waals surface area contributed by atoms with Crippen LogP contribution in [-0.2, 0) is 6.54 Å². The summed E-state index contributed by atoms with van der Waals surface area (Å²) < 4.78 is 4.99. The molecule has 0 saturated carbocycles. The molecule has 1 saturated heterocycles. The third-order valence-electron chi connectivity index (χ3n) is 4.87. The normalized spacial score (nSPS) is 15.5. The van der Waals surface area contributed by atoms with E-state index in [1.165, 1.54) is 0 Å². The molecule has 3 rings (SSSR count). The lowest BCUT2D eigenvalue weighted by Crippen LogP contribution is -2.38. The number of methoxy groups -OCH3 is 1. The second kappa shape index (κ2) is 8.90. The van der Waals surface area contributed by atoms with Gasteiger partial charge >= 0.3 is 6.01 Å². The van der Waals surface area contributed by atoms with Gasteiger partial charge in [0.15, 0.2) is 0 Å². The van der Waals surface area contributed by atoms with Crippen LogP contribution < -0.4 is 10.1 Å². The van der Waals surface area contributed by atoms with E-state index in [2.05, 4.69) is 25.2 Å². The van der Waals surface area contributed by atoms with Crippen LogP contribution in [-0.4, -0.2) is 52.5 Å². The maximum atomic E-state index is 12.4. The number of rotatable bonds is 6. The predicted molar refractivity (Wildman–Crippen MR) is 103 cm³/mol. The van der Waals surface area contributed by atoms with Gasteiger partial charge < -0.3 is 10.1 Å². The van der Waals surface area contributed by atoms with Crippen LogP contribution in [0.2, 0.25) is 0 Å². The molecular formula is C20H27N5O2. The molecule has 2 aromatic heterocycles. The Morgan fingerprint density at radius 3 is 2.41 bits per heavy atom. The van der Waals surface area contributed by atoms with Crippen molar-refractivity contribution in [3.8, 4) is 6.01 Å². The highest BCUT2D eigenvalue weighted by atomic mass is 16.5. The average molecular weight is 369 g/mol. The van der Waals surface area contributed by atoms with Crippen LogP contribution in [0.1, 0.15) is 40.2 Å². The van der Waals surface area contributed by atoms with Crippen LogP contribution in [0.3, 0.4) is 0 Å². The molecule has 1 aliphatic heterocycles. The van der Waals surface area contributed by atoms with Crippen LogP contribution in [0, 0.1) is 19.8 Å². The molecule has 3 heterocycles. The highest BCUT2D eigenvalue weighted by Crippen LogP contribution is 2.18. The lowest BCUT2D eigenvalue weighted by molar-refractivity contribution is 0.0935. The highest BCUT2D eigenvalue weighted by molar-refractivity contribution is 5.94. The van der Waals surface area contributed by atoms with Gasteiger partial charge in [-0.15, -0.1) is 0 Å². The van der Waals surface area contributed by atoms with Gasteiger partial charge in [0, 0.05) is 48.0 Å². The first kappa shape index (κ1) is 19.2. The topological polar surface area (TPSA) is 80.2 Å². The molecule has 1 N–H and O–H groups in total. The van der Waals surface area contributed by atoms with Crippen LogP contribution in [0.4, 0.5) is 0 Å². The second-order valence-electron chi connectivity index (χ2n) is 7.15. The standard InChI is InChI=1S/C20H27N5O2/c1-14-8-18(9-15(2)24-14)19(26)21-10-16-4-6-25(7-5-16)13-17-11-22-20(27-3)23-12-17/h8-9,11-12,16H,4-7,10,13H2,1-3H3,(H,21,26). The Labute approximate surface area is 160 Å². The van der Waals surface area contributed by atoms with Gasteiger partial charge in [0.25, 0.3) is 5.91 Å². The number of aromatic nitrogens is 3. The van der Waals surface area contributed by atoms with Crippen LogP contribution in [0.25, 0.3) is 0 Å². The molecule has 144 valence electrons. The van der Waals surface area contributed by atoms with Crippen LogP contribution in [0.15, 0.2) is 24.5 Å². The summed E-state index contributed by atoms with van der Waals surface area (Å²) in [4.78, 5) is 27.4. The Hall–Kier alpha value is -2.54. The second-order valence-corrected chi connectivity index (χ2v) is 7.15. The van der Waals surface area contributed by atoms with Gasteiger partial charge in [0.05, 0.1) is 7.11 Å². The molecule has 0 atom stereocenters. The number of carbonyl (C=O) groups excluding carboxylic acids is 1. The maximum Gasteiger partial charge on any atom is 0.316 e. The molecule has 0 aromatic carbocycles. The number of amides is 1. The number of nitrogens with zero attached hydrogens (tertiary/aromatic N) is 4. The third-order valence-corrected chi connectivity index (χ3v) is 4.87. The Bertz CT molecular complexity index is 750. The molecule has 1 fully saturated rings. The maximum absolute atomic E-state index is 12.4. The minimum atomic E-state index is -0.0126. The molecule has 1 amide bonds. The highest BCUT2D eigenvalue weighted by Gasteiger charge is 2.20. The Kier molecular flexibility index (Phi) is 6.34. The summed E-state index contributed by atoms with van der Waals surface area (Å²) in [6, 6.07) is 4.07. The fourth-order valence-corrected chi connectivity index (χ4v) is 3.44. The molecule has 2 aromatic rings. The van der Waals surface area contributed by atoms with Gasteiger partial charge in [0.1, 0.15) is 0 Å². The summed E-state index contributed by atoms with van der Waals surface area (Å²) in [7, 11) is 1.57. The number of piperidine rings is 1. The number of likely N-dealkylation sites (tertiary alicyclic amines) is 1. The first-order chi connectivity index (χ1) is 13.0. The van der Waals surface area contributed by atoms with E-state index in [1.54, 1.807) is 7.11 Å². The van der Waals surface area contributed by atoms with E-state index in [9.17, 15) is 4.79 Å². The first-order valence-corrected chi connectivity index (χ1v) is 9.34. The fraction of sp³-hybridized carbons (Fsp3) is 0.500. The van der Waals surface area contributed by atoms with E-state index in [0.717, 1.165) is 56.0 Å². The quantitative estimate of drug-likeness (QED) is 0.840. The van der Waals surface area contributed by atoms with Crippen molar-refractivity contribution in [3.63, 3.8) is 0 Å². The SMILES string of the molecule is COc1ncc(CN2CCC(CNC(=O)c3cc(C)nc(C)c3)CC2)cn1. The Morgan fingerprint density at radius 1 is 1.19 bits per heavy atom. The molecule has 7 nitrogen and oxygen atoms in total. The van der Waals surface area contributed by atoms with Crippen molar-refractivity contribution >= 4 is 5.91 Å². The summed E-state index contributed by atoms with van der Waals surface area (Å²) in [5, 5.41) is 3.08. The molecule has 0 radical (unpaired) electrons. The minimum Gasteiger partial charge on any atom is -0.467 e. The zero-order chi connectivity index (χ0) is 19.2. The van der Waals surface area contributed by atoms with E-state index in [1.807, 2.05) is 38.4 Å². The van der Waals surface area contributed by atoms with Crippen molar-refractivity contribution in [1.82, 2.24) is 25.2 Å². The number of aryl methyl sites for hydroxylation is 2. The average Bonchev–Trinajstić information content (AvgIpc) is 2.67. The van der Waals surface area contributed by atoms with Crippen molar-refractivity contribution in [2.75, 3.05) is 26.7 Å². The van der Waals surface area contributed by atoms with Crippen molar-refractivity contribution < 1.29 is 9.53 Å². The number of nitrogens with one attached hydrogen (secondary N) is 1. The zero-order valence-electron chi connectivity index (χ0n) is 16.2. The lowest BCUT2D eigenvalue weighted by Gasteiger charge is -2.31. The summed E-state index contributed by atoms with van der Waals surface area (Å²) in [5.41, 5.74) is 3.52. The van der Waals surface area contributed by atoms with Crippen molar-refractivity contribution in [2.24, 2.45) is 5.92 Å². The number of hydrogen-bond donors (Lipinski definition) is 1. The van der Waals surface area contributed by atoms with Crippen LogP contribution >= 0.6 is 0 Å². The summed E-state index contributed by atoms with van der Waals surface area (Å²) in [5.74, 6) is 0.503. The van der Waals surface area contributed by atoms with E-state index in [-0.39, 0.29) is 5.91 Å². The van der Waals surface area contributed by atoms with E-state index in [0.29, 0.717) is 17.5 Å². The molecule has 0 unspecified atom stereocenters. The zero-order valence-corrected chi connectivity index (χ0v) is 16.2. The van der Waals surface area contributed by atoms with Crippen molar-refractivity contribution in [3.05, 3.63) is 47.0 Å². The monoisotopic (exact) mass is 369 g/mol. The number of ether oxygens (including phenoxy) is 1. The third kappa shape index (κ3) is 5.47. The van der Waals surface area contributed by atoms with Gasteiger partial charge in [-0.1, -0.05) is 0 Å². The lowest BCUT2D eigenvalue weighted by atomic mass is 9.96. The molecule has 27 heavy (non-hydrogen) atoms. The largest absolute Gasteiger partial charge is 0.467 e. The van der Waals surface area contributed by atoms with Gasteiger partial charge in [-0.05, 0) is 57.8 Å². The predicted octanol–water partition coefficient (Wildman–Crippen LogP) is 2.14. The smallest absolute Gasteiger partial charge is 0.316 e. The number of hydrogen-bond acceptors (Lipinski definition) is 6. The van der Waals surface area contributed by atoms with Gasteiger partial charge in [0.2, 0.25) is 0 Å². The summed E-state index contributed by atoms with van der Waals surface area (Å²) in [6.45, 7) is 7.41. The molecule has 0 aliphatic carbocycles. The Morgan fingerprint density at radius 2 is 1.81 bits per heavy atom. The summed E-state index contributed by atoms with van der Waals surface area (Å²) in [6.07, 6.45) is 5.78. The molecule has 1 aliphatic rings. The van der Waals surface area contributed by atoms with E-state index in [4.69, 9.17) is 4.74 Å². The molecule has 7 heteroatoms. The number of pyridine rings is 1. The van der Waals surface area contributed by atoms with Gasteiger partial charge in [-0.25, -0.2) is 9.97 Å². The van der Waals surface area contributed by atoms with Crippen molar-refractivity contribution in [1.29, 1.82) is 0 Å². The fourth-order valence-electron chi connectivity index (χ4n) is 3.44. The minimum absolute atomic E-state index is 0.0126. The summed E-state index contributed by atoms with van der Waals surface area (Å²) >= 11 is 0.